The third-order valence-corrected chi connectivity index (χ3v) is 2.63. The van der Waals surface area contributed by atoms with Crippen molar-refractivity contribution in [2.45, 2.75) is 13.3 Å². The number of halogens is 1. The lowest BCUT2D eigenvalue weighted by atomic mass is 10.2. The molecule has 0 spiro atoms. The second-order valence-electron chi connectivity index (χ2n) is 4.09. The van der Waals surface area contributed by atoms with Crippen molar-refractivity contribution < 1.29 is 13.9 Å². The van der Waals surface area contributed by atoms with Gasteiger partial charge < -0.3 is 9.47 Å². The molecule has 0 atom stereocenters. The molecule has 3 nitrogen and oxygen atoms in total. The summed E-state index contributed by atoms with van der Waals surface area (Å²) in [4.78, 5) is 4.20. The zero-order valence-corrected chi connectivity index (χ0v) is 10.6. The topological polar surface area (TPSA) is 31.4 Å². The summed E-state index contributed by atoms with van der Waals surface area (Å²) in [5.41, 5.74) is 1.11. The molecule has 2 rings (SSSR count). The number of rotatable bonds is 5. The zero-order valence-electron chi connectivity index (χ0n) is 10.6. The molecule has 0 bridgehead atoms. The van der Waals surface area contributed by atoms with Gasteiger partial charge in [-0.2, -0.15) is 0 Å². The van der Waals surface area contributed by atoms with Gasteiger partial charge in [0.05, 0.1) is 6.61 Å². The summed E-state index contributed by atoms with van der Waals surface area (Å²) >= 11 is 0. The molecule has 0 fully saturated rings. The molecular weight excluding hydrogens is 233 g/mol. The van der Waals surface area contributed by atoms with Crippen LogP contribution in [0.2, 0.25) is 0 Å². The first-order valence-electron chi connectivity index (χ1n) is 5.90. The zero-order chi connectivity index (χ0) is 13.0. The molecule has 0 aliphatic rings. The van der Waals surface area contributed by atoms with Crippen molar-refractivity contribution in [1.29, 1.82) is 0 Å². The molecule has 0 aliphatic heterocycles. The Morgan fingerprint density at radius 1 is 1.28 bits per heavy atom. The van der Waals surface area contributed by atoms with Gasteiger partial charge >= 0.3 is 0 Å². The van der Waals surface area contributed by atoms with Crippen LogP contribution in [-0.2, 0) is 4.74 Å². The van der Waals surface area contributed by atoms with E-state index in [4.69, 9.17) is 9.47 Å². The molecule has 0 unspecified atom stereocenters. The summed E-state index contributed by atoms with van der Waals surface area (Å²) in [5, 5.41) is 0.706. The average molecular weight is 249 g/mol. The van der Waals surface area contributed by atoms with Crippen LogP contribution < -0.4 is 4.74 Å². The number of para-hydroxylation sites is 1. The molecule has 1 heterocycles. The van der Waals surface area contributed by atoms with Crippen LogP contribution in [0.4, 0.5) is 4.39 Å². The number of aromatic nitrogens is 1. The fourth-order valence-corrected chi connectivity index (χ4v) is 1.81. The number of hydrogen-bond donors (Lipinski definition) is 0. The van der Waals surface area contributed by atoms with Crippen molar-refractivity contribution in [2.75, 3.05) is 20.3 Å². The van der Waals surface area contributed by atoms with E-state index in [9.17, 15) is 4.39 Å². The van der Waals surface area contributed by atoms with Gasteiger partial charge in [-0.05, 0) is 19.1 Å². The van der Waals surface area contributed by atoms with Crippen molar-refractivity contribution in [3.63, 3.8) is 0 Å². The lowest BCUT2D eigenvalue weighted by molar-refractivity contribution is 0.172. The van der Waals surface area contributed by atoms with Crippen LogP contribution >= 0.6 is 0 Å². The van der Waals surface area contributed by atoms with Crippen molar-refractivity contribution in [3.8, 4) is 5.75 Å². The van der Waals surface area contributed by atoms with Crippen LogP contribution in [0.5, 0.6) is 5.75 Å². The van der Waals surface area contributed by atoms with Crippen LogP contribution in [0.15, 0.2) is 24.3 Å². The van der Waals surface area contributed by atoms with Gasteiger partial charge in [0.15, 0.2) is 0 Å². The quantitative estimate of drug-likeness (QED) is 0.763. The normalized spacial score (nSPS) is 10.8. The molecular formula is C14H16FNO2. The second kappa shape index (κ2) is 5.78. The van der Waals surface area contributed by atoms with Crippen molar-refractivity contribution in [2.24, 2.45) is 0 Å². The Kier molecular flexibility index (Phi) is 4.10. The number of pyridine rings is 1. The van der Waals surface area contributed by atoms with Gasteiger partial charge in [0.25, 0.3) is 0 Å². The van der Waals surface area contributed by atoms with Crippen LogP contribution in [0, 0.1) is 12.7 Å². The fraction of sp³-hybridized carbons (Fsp3) is 0.357. The molecule has 0 saturated heterocycles. The highest BCUT2D eigenvalue weighted by atomic mass is 19.1. The predicted octanol–water partition coefficient (Wildman–Crippen LogP) is 3.10. The molecule has 0 radical (unpaired) electrons. The maximum Gasteiger partial charge on any atom is 0.149 e. The Morgan fingerprint density at radius 3 is 2.89 bits per heavy atom. The third-order valence-electron chi connectivity index (χ3n) is 2.63. The molecule has 18 heavy (non-hydrogen) atoms. The highest BCUT2D eigenvalue weighted by molar-refractivity contribution is 5.85. The van der Waals surface area contributed by atoms with E-state index in [1.807, 2.05) is 19.1 Å². The van der Waals surface area contributed by atoms with Crippen LogP contribution in [-0.4, -0.2) is 25.3 Å². The monoisotopic (exact) mass is 249 g/mol. The minimum atomic E-state index is -0.321. The van der Waals surface area contributed by atoms with Gasteiger partial charge in [0.2, 0.25) is 0 Å². The first-order chi connectivity index (χ1) is 8.72. The summed E-state index contributed by atoms with van der Waals surface area (Å²) in [6.07, 6.45) is 0.800. The fourth-order valence-electron chi connectivity index (χ4n) is 1.81. The molecule has 0 aliphatic carbocycles. The summed E-state index contributed by atoms with van der Waals surface area (Å²) < 4.78 is 24.3. The standard InChI is InChI=1S/C14H16FNO2/c1-10-9-13(18-8-4-7-17-2)11-5-3-6-12(15)14(11)16-10/h3,5-6,9H,4,7-8H2,1-2H3. The Bertz CT molecular complexity index is 543. The van der Waals surface area contributed by atoms with Gasteiger partial charge in [-0.3, -0.25) is 0 Å². The largest absolute Gasteiger partial charge is 0.493 e. The Morgan fingerprint density at radius 2 is 2.11 bits per heavy atom. The van der Waals surface area contributed by atoms with Gasteiger partial charge in [0, 0.05) is 37.3 Å². The van der Waals surface area contributed by atoms with E-state index in [0.29, 0.717) is 29.9 Å². The number of hydrogen-bond acceptors (Lipinski definition) is 3. The maximum absolute atomic E-state index is 13.7. The van der Waals surface area contributed by atoms with E-state index < -0.39 is 0 Å². The van der Waals surface area contributed by atoms with E-state index in [0.717, 1.165) is 12.1 Å². The molecule has 1 aromatic heterocycles. The molecule has 0 saturated carbocycles. The second-order valence-corrected chi connectivity index (χ2v) is 4.09. The van der Waals surface area contributed by atoms with Crippen molar-refractivity contribution in [1.82, 2.24) is 4.98 Å². The Balaban J connectivity index is 2.29. The van der Waals surface area contributed by atoms with Crippen LogP contribution in [0.25, 0.3) is 10.9 Å². The lowest BCUT2D eigenvalue weighted by Crippen LogP contribution is -2.02. The molecule has 1 aromatic carbocycles. The van der Waals surface area contributed by atoms with Crippen LogP contribution in [0.1, 0.15) is 12.1 Å². The maximum atomic E-state index is 13.7. The minimum Gasteiger partial charge on any atom is -0.493 e. The summed E-state index contributed by atoms with van der Waals surface area (Å²) in [6.45, 7) is 3.02. The average Bonchev–Trinajstić information content (AvgIpc) is 2.36. The van der Waals surface area contributed by atoms with Gasteiger partial charge in [-0.1, -0.05) is 6.07 Å². The SMILES string of the molecule is COCCCOc1cc(C)nc2c(F)cccc12. The number of nitrogens with zero attached hydrogens (tertiary/aromatic N) is 1. The van der Waals surface area contributed by atoms with Gasteiger partial charge in [-0.15, -0.1) is 0 Å². The predicted molar refractivity (Wildman–Crippen MR) is 68.4 cm³/mol. The third kappa shape index (κ3) is 2.76. The number of methoxy groups -OCH3 is 1. The Labute approximate surface area is 106 Å². The van der Waals surface area contributed by atoms with E-state index in [1.54, 1.807) is 13.2 Å². The highest BCUT2D eigenvalue weighted by Crippen LogP contribution is 2.27. The number of fused-ring (bicyclic) bond motifs is 1. The van der Waals surface area contributed by atoms with Gasteiger partial charge in [0.1, 0.15) is 17.1 Å². The number of benzene rings is 1. The van der Waals surface area contributed by atoms with Crippen LogP contribution in [0.3, 0.4) is 0 Å². The van der Waals surface area contributed by atoms with E-state index in [2.05, 4.69) is 4.98 Å². The first-order valence-corrected chi connectivity index (χ1v) is 5.90. The summed E-state index contributed by atoms with van der Waals surface area (Å²) in [5.74, 6) is 0.353. The summed E-state index contributed by atoms with van der Waals surface area (Å²) in [6, 6.07) is 6.71. The molecule has 4 heteroatoms. The molecule has 2 aromatic rings. The smallest absolute Gasteiger partial charge is 0.149 e. The highest BCUT2D eigenvalue weighted by Gasteiger charge is 2.08. The van der Waals surface area contributed by atoms with E-state index in [-0.39, 0.29) is 5.82 Å². The van der Waals surface area contributed by atoms with E-state index >= 15 is 0 Å². The van der Waals surface area contributed by atoms with E-state index in [1.165, 1.54) is 6.07 Å². The first kappa shape index (κ1) is 12.8. The molecule has 0 amide bonds. The summed E-state index contributed by atoms with van der Waals surface area (Å²) in [7, 11) is 1.65. The Hall–Kier alpha value is -1.68. The van der Waals surface area contributed by atoms with Gasteiger partial charge in [-0.25, -0.2) is 9.37 Å². The number of ether oxygens (including phenoxy) is 2. The lowest BCUT2D eigenvalue weighted by Gasteiger charge is -2.10. The van der Waals surface area contributed by atoms with Crippen molar-refractivity contribution >= 4 is 10.9 Å². The molecule has 0 N–H and O–H groups in total. The molecule has 96 valence electrons. The number of aryl methyl sites for hydroxylation is 1. The minimum absolute atomic E-state index is 0.321. The van der Waals surface area contributed by atoms with Crippen molar-refractivity contribution in [3.05, 3.63) is 35.8 Å².